The summed E-state index contributed by atoms with van der Waals surface area (Å²) < 4.78 is 5.60. The van der Waals surface area contributed by atoms with Crippen molar-refractivity contribution < 1.29 is 4.74 Å². The van der Waals surface area contributed by atoms with Crippen LogP contribution in [-0.2, 0) is 11.2 Å². The molecule has 1 aliphatic heterocycles. The molecule has 1 aromatic rings. The Morgan fingerprint density at radius 2 is 2.00 bits per heavy atom. The fourth-order valence-electron chi connectivity index (χ4n) is 1.90. The van der Waals surface area contributed by atoms with Crippen LogP contribution in [0.4, 0.5) is 0 Å². The van der Waals surface area contributed by atoms with E-state index in [1.807, 2.05) is 0 Å². The molecule has 1 atom stereocenters. The highest BCUT2D eigenvalue weighted by Crippen LogP contribution is 2.36. The zero-order chi connectivity index (χ0) is 9.86. The number of epoxide rings is 1. The molecule has 0 amide bonds. The fraction of sp³-hybridized carbons (Fsp3) is 0.538. The third kappa shape index (κ3) is 2.36. The monoisotopic (exact) mass is 190 g/mol. The Kier molecular flexibility index (Phi) is 2.87. The van der Waals surface area contributed by atoms with Crippen LogP contribution in [0.25, 0.3) is 0 Å². The van der Waals surface area contributed by atoms with E-state index in [2.05, 4.69) is 37.3 Å². The highest BCUT2D eigenvalue weighted by Gasteiger charge is 2.43. The van der Waals surface area contributed by atoms with Crippen LogP contribution in [0, 0.1) is 0 Å². The van der Waals surface area contributed by atoms with Crippen LogP contribution in [0.5, 0.6) is 0 Å². The first-order valence-electron chi connectivity index (χ1n) is 5.52. The minimum atomic E-state index is 0.206. The Bertz CT molecular complexity index is 275. The second kappa shape index (κ2) is 4.14. The molecule has 0 N–H and O–H groups in total. The van der Waals surface area contributed by atoms with E-state index < -0.39 is 0 Å². The zero-order valence-corrected chi connectivity index (χ0v) is 8.83. The lowest BCUT2D eigenvalue weighted by Crippen LogP contribution is -2.14. The van der Waals surface area contributed by atoms with Crippen molar-refractivity contribution in [1.29, 1.82) is 0 Å². The van der Waals surface area contributed by atoms with Gasteiger partial charge in [-0.15, -0.1) is 0 Å². The molecule has 14 heavy (non-hydrogen) atoms. The van der Waals surface area contributed by atoms with E-state index in [0.29, 0.717) is 0 Å². The van der Waals surface area contributed by atoms with Gasteiger partial charge in [0.25, 0.3) is 0 Å². The summed E-state index contributed by atoms with van der Waals surface area (Å²) >= 11 is 0. The molecule has 2 rings (SSSR count). The van der Waals surface area contributed by atoms with Gasteiger partial charge in [0.2, 0.25) is 0 Å². The van der Waals surface area contributed by atoms with Crippen LogP contribution in [-0.4, -0.2) is 12.2 Å². The van der Waals surface area contributed by atoms with Gasteiger partial charge in [0.1, 0.15) is 0 Å². The lowest BCUT2D eigenvalue weighted by Gasteiger charge is -2.10. The molecule has 1 aromatic carbocycles. The number of rotatable bonds is 5. The predicted octanol–water partition coefficient (Wildman–Crippen LogP) is 3.19. The Hall–Kier alpha value is -0.820. The Morgan fingerprint density at radius 1 is 1.29 bits per heavy atom. The number of hydrogen-bond acceptors (Lipinski definition) is 1. The molecule has 0 aromatic heterocycles. The van der Waals surface area contributed by atoms with Gasteiger partial charge >= 0.3 is 0 Å². The van der Waals surface area contributed by atoms with Gasteiger partial charge in [0, 0.05) is 6.42 Å². The SMILES string of the molecule is CCCCC1(Cc2ccccc2)CO1. The van der Waals surface area contributed by atoms with E-state index in [9.17, 15) is 0 Å². The average Bonchev–Trinajstić information content (AvgIpc) is 2.97. The van der Waals surface area contributed by atoms with Crippen LogP contribution in [0.1, 0.15) is 31.7 Å². The van der Waals surface area contributed by atoms with Gasteiger partial charge < -0.3 is 4.74 Å². The normalized spacial score (nSPS) is 24.9. The molecule has 1 heterocycles. The third-order valence-electron chi connectivity index (χ3n) is 2.91. The lowest BCUT2D eigenvalue weighted by molar-refractivity contribution is 0.281. The summed E-state index contributed by atoms with van der Waals surface area (Å²) in [6.07, 6.45) is 4.86. The first-order valence-corrected chi connectivity index (χ1v) is 5.52. The largest absolute Gasteiger partial charge is 0.369 e. The molecule has 1 fully saturated rings. The predicted molar refractivity (Wildman–Crippen MR) is 58.4 cm³/mol. The highest BCUT2D eigenvalue weighted by molar-refractivity contribution is 5.18. The molecule has 0 radical (unpaired) electrons. The van der Waals surface area contributed by atoms with Crippen molar-refractivity contribution in [2.24, 2.45) is 0 Å². The summed E-state index contributed by atoms with van der Waals surface area (Å²) in [5, 5.41) is 0. The topological polar surface area (TPSA) is 12.5 Å². The summed E-state index contributed by atoms with van der Waals surface area (Å²) in [7, 11) is 0. The number of benzene rings is 1. The number of ether oxygens (including phenoxy) is 1. The molecule has 0 bridgehead atoms. The van der Waals surface area contributed by atoms with Crippen molar-refractivity contribution >= 4 is 0 Å². The highest BCUT2D eigenvalue weighted by atomic mass is 16.6. The van der Waals surface area contributed by atoms with E-state index in [-0.39, 0.29) is 5.60 Å². The zero-order valence-electron chi connectivity index (χ0n) is 8.83. The molecular weight excluding hydrogens is 172 g/mol. The standard InChI is InChI=1S/C13H18O/c1-2-3-9-13(11-14-13)10-12-7-5-4-6-8-12/h4-8H,2-3,9-11H2,1H3. The molecule has 1 saturated heterocycles. The van der Waals surface area contributed by atoms with Gasteiger partial charge in [-0.2, -0.15) is 0 Å². The summed E-state index contributed by atoms with van der Waals surface area (Å²) in [5.74, 6) is 0. The summed E-state index contributed by atoms with van der Waals surface area (Å²) in [6.45, 7) is 3.19. The maximum absolute atomic E-state index is 5.60. The molecule has 0 spiro atoms. The minimum absolute atomic E-state index is 0.206. The smallest absolute Gasteiger partial charge is 0.0956 e. The fourth-order valence-corrected chi connectivity index (χ4v) is 1.90. The Morgan fingerprint density at radius 3 is 2.57 bits per heavy atom. The molecule has 76 valence electrons. The van der Waals surface area contributed by atoms with Crippen molar-refractivity contribution in [3.8, 4) is 0 Å². The maximum atomic E-state index is 5.60. The molecule has 1 nitrogen and oxygen atoms in total. The number of hydrogen-bond donors (Lipinski definition) is 0. The van der Waals surface area contributed by atoms with Crippen molar-refractivity contribution in [1.82, 2.24) is 0 Å². The molecule has 0 aliphatic carbocycles. The van der Waals surface area contributed by atoms with Crippen molar-refractivity contribution in [3.05, 3.63) is 35.9 Å². The van der Waals surface area contributed by atoms with Gasteiger partial charge in [-0.1, -0.05) is 50.1 Å². The maximum Gasteiger partial charge on any atom is 0.0956 e. The number of unbranched alkanes of at least 4 members (excludes halogenated alkanes) is 1. The molecular formula is C13H18O. The molecule has 1 aliphatic rings. The van der Waals surface area contributed by atoms with Crippen LogP contribution in [0.15, 0.2) is 30.3 Å². The average molecular weight is 190 g/mol. The third-order valence-corrected chi connectivity index (χ3v) is 2.91. The molecule has 1 heteroatoms. The second-order valence-electron chi connectivity index (χ2n) is 4.24. The van der Waals surface area contributed by atoms with Crippen molar-refractivity contribution in [3.63, 3.8) is 0 Å². The van der Waals surface area contributed by atoms with Crippen molar-refractivity contribution in [2.45, 2.75) is 38.2 Å². The van der Waals surface area contributed by atoms with Gasteiger partial charge in [-0.25, -0.2) is 0 Å². The Labute approximate surface area is 86.1 Å². The summed E-state index contributed by atoms with van der Waals surface area (Å²) in [6, 6.07) is 10.6. The first-order chi connectivity index (χ1) is 6.85. The van der Waals surface area contributed by atoms with Crippen LogP contribution in [0.2, 0.25) is 0 Å². The molecule has 0 saturated carbocycles. The van der Waals surface area contributed by atoms with E-state index in [0.717, 1.165) is 13.0 Å². The van der Waals surface area contributed by atoms with E-state index in [1.165, 1.54) is 24.8 Å². The van der Waals surface area contributed by atoms with Crippen LogP contribution in [0.3, 0.4) is 0 Å². The van der Waals surface area contributed by atoms with Crippen molar-refractivity contribution in [2.75, 3.05) is 6.61 Å². The van der Waals surface area contributed by atoms with Gasteiger partial charge in [-0.3, -0.25) is 0 Å². The van der Waals surface area contributed by atoms with Gasteiger partial charge in [0.15, 0.2) is 0 Å². The molecule has 1 unspecified atom stereocenters. The van der Waals surface area contributed by atoms with E-state index >= 15 is 0 Å². The lowest BCUT2D eigenvalue weighted by atomic mass is 9.95. The minimum Gasteiger partial charge on any atom is -0.369 e. The quantitative estimate of drug-likeness (QED) is 0.650. The summed E-state index contributed by atoms with van der Waals surface area (Å²) in [4.78, 5) is 0. The van der Waals surface area contributed by atoms with Crippen LogP contribution < -0.4 is 0 Å². The van der Waals surface area contributed by atoms with Crippen LogP contribution >= 0.6 is 0 Å². The van der Waals surface area contributed by atoms with Gasteiger partial charge in [-0.05, 0) is 12.0 Å². The van der Waals surface area contributed by atoms with E-state index in [1.54, 1.807) is 0 Å². The van der Waals surface area contributed by atoms with E-state index in [4.69, 9.17) is 4.74 Å². The Balaban J connectivity index is 1.91. The summed E-state index contributed by atoms with van der Waals surface area (Å²) in [5.41, 5.74) is 1.61. The second-order valence-corrected chi connectivity index (χ2v) is 4.24. The van der Waals surface area contributed by atoms with Gasteiger partial charge in [0.05, 0.1) is 12.2 Å². The first kappa shape index (κ1) is 9.72.